The SMILES string of the molecule is C=C1CCC2[C@@](C)(CCC(=O)[C@@]2(C)C=O)C1C/C=C1/C(=O)OC[C@H]1O. The normalized spacial score (nSPS) is 43.1. The molecule has 0 amide bonds. The summed E-state index contributed by atoms with van der Waals surface area (Å²) in [6, 6.07) is 0. The number of hydrogen-bond acceptors (Lipinski definition) is 5. The molecule has 3 fully saturated rings. The Morgan fingerprint density at radius 2 is 2.04 bits per heavy atom. The molecule has 1 aliphatic heterocycles. The molecule has 0 bridgehead atoms. The molecule has 136 valence electrons. The summed E-state index contributed by atoms with van der Waals surface area (Å²) in [6.07, 6.45) is 4.97. The lowest BCUT2D eigenvalue weighted by molar-refractivity contribution is -0.151. The number of aliphatic hydroxyl groups is 1. The van der Waals surface area contributed by atoms with Crippen molar-refractivity contribution in [3.63, 3.8) is 0 Å². The van der Waals surface area contributed by atoms with E-state index in [-0.39, 0.29) is 29.6 Å². The summed E-state index contributed by atoms with van der Waals surface area (Å²) >= 11 is 0. The number of esters is 1. The van der Waals surface area contributed by atoms with Gasteiger partial charge < -0.3 is 14.6 Å². The van der Waals surface area contributed by atoms with Crippen molar-refractivity contribution in [1.82, 2.24) is 0 Å². The minimum absolute atomic E-state index is 0.00782. The van der Waals surface area contributed by atoms with Gasteiger partial charge in [-0.2, -0.15) is 0 Å². The van der Waals surface area contributed by atoms with Crippen LogP contribution in [0.1, 0.15) is 46.0 Å². The third kappa shape index (κ3) is 2.69. The first kappa shape index (κ1) is 18.1. The Bertz CT molecular complexity index is 663. The Kier molecular flexibility index (Phi) is 4.48. The average molecular weight is 346 g/mol. The lowest BCUT2D eigenvalue weighted by atomic mass is 9.46. The lowest BCUT2D eigenvalue weighted by Crippen LogP contribution is -2.55. The molecule has 1 heterocycles. The third-order valence-corrected chi connectivity index (χ3v) is 6.84. The van der Waals surface area contributed by atoms with Crippen molar-refractivity contribution in [2.45, 2.75) is 52.1 Å². The number of fused-ring (bicyclic) bond motifs is 1. The lowest BCUT2D eigenvalue weighted by Gasteiger charge is -2.56. The van der Waals surface area contributed by atoms with Gasteiger partial charge in [0.1, 0.15) is 24.8 Å². The van der Waals surface area contributed by atoms with E-state index in [1.54, 1.807) is 13.0 Å². The molecule has 0 aromatic rings. The summed E-state index contributed by atoms with van der Waals surface area (Å²) in [7, 11) is 0. The summed E-state index contributed by atoms with van der Waals surface area (Å²) in [4.78, 5) is 35.9. The van der Waals surface area contributed by atoms with Gasteiger partial charge in [-0.3, -0.25) is 4.79 Å². The van der Waals surface area contributed by atoms with E-state index >= 15 is 0 Å². The number of hydrogen-bond donors (Lipinski definition) is 1. The van der Waals surface area contributed by atoms with Crippen molar-refractivity contribution in [2.24, 2.45) is 22.7 Å². The number of ketones is 1. The minimum atomic E-state index is -0.940. The smallest absolute Gasteiger partial charge is 0.336 e. The molecular formula is C20H26O5. The van der Waals surface area contributed by atoms with Crippen molar-refractivity contribution in [3.05, 3.63) is 23.8 Å². The van der Waals surface area contributed by atoms with E-state index in [0.29, 0.717) is 18.4 Å². The maximum absolute atomic E-state index is 12.4. The molecule has 1 N–H and O–H groups in total. The number of Topliss-reactive ketones (excluding diaryl/α,β-unsaturated/α-hetero) is 1. The van der Waals surface area contributed by atoms with Crippen LogP contribution in [0.25, 0.3) is 0 Å². The zero-order chi connectivity index (χ0) is 18.4. The van der Waals surface area contributed by atoms with Crippen LogP contribution in [0, 0.1) is 22.7 Å². The van der Waals surface area contributed by atoms with Gasteiger partial charge in [-0.25, -0.2) is 4.79 Å². The van der Waals surface area contributed by atoms with Gasteiger partial charge in [0, 0.05) is 6.42 Å². The zero-order valence-electron chi connectivity index (χ0n) is 14.9. The monoisotopic (exact) mass is 346 g/mol. The van der Waals surface area contributed by atoms with E-state index in [2.05, 4.69) is 13.5 Å². The van der Waals surface area contributed by atoms with E-state index in [4.69, 9.17) is 4.74 Å². The van der Waals surface area contributed by atoms with Crippen LogP contribution in [0.2, 0.25) is 0 Å². The fourth-order valence-electron chi connectivity index (χ4n) is 5.23. The van der Waals surface area contributed by atoms with E-state index in [1.165, 1.54) is 0 Å². The van der Waals surface area contributed by atoms with Crippen molar-refractivity contribution in [3.8, 4) is 0 Å². The highest BCUT2D eigenvalue weighted by Crippen LogP contribution is 2.60. The number of allylic oxidation sites excluding steroid dienone is 2. The second-order valence-electron chi connectivity index (χ2n) is 8.14. The predicted molar refractivity (Wildman–Crippen MR) is 91.5 cm³/mol. The molecular weight excluding hydrogens is 320 g/mol. The molecule has 5 nitrogen and oxygen atoms in total. The maximum atomic E-state index is 12.4. The summed E-state index contributed by atoms with van der Waals surface area (Å²) in [5.74, 6) is -0.378. The highest BCUT2D eigenvalue weighted by molar-refractivity contribution is 5.99. The van der Waals surface area contributed by atoms with Gasteiger partial charge >= 0.3 is 5.97 Å². The molecule has 3 rings (SSSR count). The molecule has 5 heteroatoms. The Balaban J connectivity index is 1.92. The van der Waals surface area contributed by atoms with E-state index in [0.717, 1.165) is 31.1 Å². The number of aldehydes is 1. The second kappa shape index (κ2) is 6.20. The first-order chi connectivity index (χ1) is 11.7. The topological polar surface area (TPSA) is 80.7 Å². The summed E-state index contributed by atoms with van der Waals surface area (Å²) in [5.41, 5.74) is 0.247. The standard InChI is InChI=1S/C20H26O5/c1-12-4-7-16-19(2,9-8-17(23)20(16,3)11-21)14(12)6-5-13-15(22)10-25-18(13)24/h5,11,14-16,22H,1,4,6-10H2,2-3H3/b13-5+/t14?,15-,16?,19+,20+/m1/s1. The number of ether oxygens (including phenoxy) is 1. The highest BCUT2D eigenvalue weighted by Gasteiger charge is 2.57. The van der Waals surface area contributed by atoms with Crippen LogP contribution >= 0.6 is 0 Å². The molecule has 2 aliphatic carbocycles. The number of carbonyl (C=O) groups is 3. The van der Waals surface area contributed by atoms with E-state index in [1.807, 2.05) is 0 Å². The quantitative estimate of drug-likeness (QED) is 0.279. The maximum Gasteiger partial charge on any atom is 0.336 e. The van der Waals surface area contributed by atoms with E-state index in [9.17, 15) is 19.5 Å². The second-order valence-corrected chi connectivity index (χ2v) is 8.14. The Labute approximate surface area is 148 Å². The van der Waals surface area contributed by atoms with Crippen LogP contribution in [0.15, 0.2) is 23.8 Å². The van der Waals surface area contributed by atoms with Gasteiger partial charge in [0.05, 0.1) is 11.0 Å². The molecule has 0 spiro atoms. The Morgan fingerprint density at radius 3 is 2.64 bits per heavy atom. The number of rotatable bonds is 3. The molecule has 0 aromatic heterocycles. The first-order valence-electron chi connectivity index (χ1n) is 8.96. The van der Waals surface area contributed by atoms with Crippen LogP contribution in [-0.2, 0) is 19.1 Å². The van der Waals surface area contributed by atoms with Crippen molar-refractivity contribution < 1.29 is 24.2 Å². The molecule has 1 saturated heterocycles. The van der Waals surface area contributed by atoms with Crippen LogP contribution in [0.5, 0.6) is 0 Å². The fraction of sp³-hybridized carbons (Fsp3) is 0.650. The van der Waals surface area contributed by atoms with Gasteiger partial charge in [-0.15, -0.1) is 0 Å². The minimum Gasteiger partial charge on any atom is -0.459 e. The Hall–Kier alpha value is -1.75. The predicted octanol–water partition coefficient (Wildman–Crippen LogP) is 2.38. The largest absolute Gasteiger partial charge is 0.459 e. The van der Waals surface area contributed by atoms with Gasteiger partial charge in [-0.1, -0.05) is 25.2 Å². The molecule has 2 unspecified atom stereocenters. The molecule has 0 aromatic carbocycles. The number of aliphatic hydroxyl groups excluding tert-OH is 1. The first-order valence-corrected chi connectivity index (χ1v) is 8.96. The highest BCUT2D eigenvalue weighted by atomic mass is 16.6. The van der Waals surface area contributed by atoms with Crippen molar-refractivity contribution >= 4 is 18.0 Å². The zero-order valence-corrected chi connectivity index (χ0v) is 14.9. The average Bonchev–Trinajstić information content (AvgIpc) is 2.89. The van der Waals surface area contributed by atoms with Crippen LogP contribution in [0.4, 0.5) is 0 Å². The van der Waals surface area contributed by atoms with E-state index < -0.39 is 17.5 Å². The molecule has 25 heavy (non-hydrogen) atoms. The van der Waals surface area contributed by atoms with Gasteiger partial charge in [0.25, 0.3) is 0 Å². The summed E-state index contributed by atoms with van der Waals surface area (Å²) in [6.45, 7) is 8.15. The summed E-state index contributed by atoms with van der Waals surface area (Å²) in [5, 5.41) is 9.88. The molecule has 0 radical (unpaired) electrons. The molecule has 2 saturated carbocycles. The van der Waals surface area contributed by atoms with Gasteiger partial charge in [0.2, 0.25) is 0 Å². The van der Waals surface area contributed by atoms with Crippen molar-refractivity contribution in [1.29, 1.82) is 0 Å². The van der Waals surface area contributed by atoms with Crippen LogP contribution in [0.3, 0.4) is 0 Å². The third-order valence-electron chi connectivity index (χ3n) is 6.84. The number of carbonyl (C=O) groups excluding carboxylic acids is 3. The van der Waals surface area contributed by atoms with Crippen molar-refractivity contribution in [2.75, 3.05) is 6.61 Å². The van der Waals surface area contributed by atoms with Crippen LogP contribution in [-0.4, -0.2) is 35.9 Å². The van der Waals surface area contributed by atoms with Gasteiger partial charge in [-0.05, 0) is 49.9 Å². The Morgan fingerprint density at radius 1 is 1.32 bits per heavy atom. The molecule has 3 aliphatic rings. The van der Waals surface area contributed by atoms with Gasteiger partial charge in [0.15, 0.2) is 0 Å². The molecule has 5 atom stereocenters. The fourth-order valence-corrected chi connectivity index (χ4v) is 5.23. The number of cyclic esters (lactones) is 1. The van der Waals surface area contributed by atoms with Crippen LogP contribution < -0.4 is 0 Å². The summed E-state index contributed by atoms with van der Waals surface area (Å²) < 4.78 is 4.87.